The van der Waals surface area contributed by atoms with Gasteiger partial charge in [0.2, 0.25) is 0 Å². The Morgan fingerprint density at radius 3 is 2.46 bits per heavy atom. The van der Waals surface area contributed by atoms with E-state index in [1.54, 1.807) is 18.9 Å². The van der Waals surface area contributed by atoms with Crippen LogP contribution in [0, 0.1) is 10.8 Å². The molecule has 0 spiro atoms. The van der Waals surface area contributed by atoms with Gasteiger partial charge in [-0.1, -0.05) is 45.6 Å². The number of carbonyl (C=O) groups excluding carboxylic acids is 2. The molecule has 3 fully saturated rings. The van der Waals surface area contributed by atoms with E-state index in [-0.39, 0.29) is 33.9 Å². The van der Waals surface area contributed by atoms with Crippen molar-refractivity contribution in [3.63, 3.8) is 0 Å². The highest BCUT2D eigenvalue weighted by Crippen LogP contribution is 2.71. The molecular weight excluding hydrogens is 482 g/mol. The molecule has 0 N–H and O–H groups in total. The first-order valence-electron chi connectivity index (χ1n) is 14.4. The van der Waals surface area contributed by atoms with Gasteiger partial charge in [-0.15, -0.1) is 0 Å². The lowest BCUT2D eigenvalue weighted by atomic mass is 9.36. The predicted octanol–water partition coefficient (Wildman–Crippen LogP) is 6.20. The van der Waals surface area contributed by atoms with Crippen molar-refractivity contribution < 1.29 is 19.1 Å². The molecule has 4 aliphatic rings. The summed E-state index contributed by atoms with van der Waals surface area (Å²) in [6.07, 6.45) is 10.9. The van der Waals surface area contributed by atoms with E-state index < -0.39 is 5.41 Å². The van der Waals surface area contributed by atoms with Crippen LogP contribution in [0.4, 0.5) is 0 Å². The fourth-order valence-corrected chi connectivity index (χ4v) is 8.92. The van der Waals surface area contributed by atoms with E-state index >= 15 is 0 Å². The first-order chi connectivity index (χ1) is 17.7. The zero-order valence-corrected chi connectivity index (χ0v) is 24.8. The van der Waals surface area contributed by atoms with Crippen LogP contribution in [0.25, 0.3) is 0 Å². The maximum absolute atomic E-state index is 14.3. The molecule has 5 nitrogen and oxygen atoms in total. The second-order valence-corrected chi connectivity index (χ2v) is 12.9. The number of fused-ring (bicyclic) bond motifs is 2. The summed E-state index contributed by atoms with van der Waals surface area (Å²) in [6, 6.07) is 6.78. The Labute approximate surface area is 228 Å². The molecule has 1 aromatic rings. The fraction of sp³-hybridized carbons (Fsp3) is 0.742. The summed E-state index contributed by atoms with van der Waals surface area (Å²) in [5.74, 6) is 0.662. The molecule has 6 unspecified atom stereocenters. The molecule has 206 valence electrons. The Kier molecular flexibility index (Phi) is 8.40. The number of unbranched alkanes of at least 4 members (excludes halogenated alkanes) is 2. The van der Waals surface area contributed by atoms with Crippen molar-refractivity contribution in [3.05, 3.63) is 29.3 Å². The third-order valence-corrected chi connectivity index (χ3v) is 11.2. The monoisotopic (exact) mass is 529 g/mol. The molecule has 0 radical (unpaired) electrons. The smallest absolute Gasteiger partial charge is 0.321 e. The summed E-state index contributed by atoms with van der Waals surface area (Å²) >= 11 is 1.54. The van der Waals surface area contributed by atoms with Gasteiger partial charge in [0.05, 0.1) is 19.0 Å². The van der Waals surface area contributed by atoms with Crippen molar-refractivity contribution in [2.24, 2.45) is 10.8 Å². The number of likely N-dealkylation sites (N-methyl/N-ethyl adjacent to an activating group) is 1. The van der Waals surface area contributed by atoms with Gasteiger partial charge < -0.3 is 9.47 Å². The lowest BCUT2D eigenvalue weighted by molar-refractivity contribution is -0.218. The van der Waals surface area contributed by atoms with E-state index in [2.05, 4.69) is 44.0 Å². The minimum atomic E-state index is -1.12. The van der Waals surface area contributed by atoms with Crippen LogP contribution in [0.1, 0.15) is 90.2 Å². The Morgan fingerprint density at radius 1 is 1.14 bits per heavy atom. The minimum Gasteiger partial charge on any atom is -0.497 e. The number of benzene rings is 1. The lowest BCUT2D eigenvalue weighted by Crippen LogP contribution is -2.80. The lowest BCUT2D eigenvalue weighted by Gasteiger charge is -2.74. The Morgan fingerprint density at radius 2 is 1.84 bits per heavy atom. The molecule has 2 aliphatic heterocycles. The van der Waals surface area contributed by atoms with Crippen LogP contribution in [0.5, 0.6) is 5.75 Å². The second kappa shape index (κ2) is 10.9. The van der Waals surface area contributed by atoms with E-state index in [0.717, 1.165) is 57.1 Å². The van der Waals surface area contributed by atoms with Crippen LogP contribution in [0.3, 0.4) is 0 Å². The number of Topliss-reactive ketones (excluding diaryl/α,β-unsaturated/α-hetero) is 1. The van der Waals surface area contributed by atoms with Crippen molar-refractivity contribution in [2.75, 3.05) is 27.0 Å². The number of hydrogen-bond donors (Lipinski definition) is 0. The first-order valence-corrected chi connectivity index (χ1v) is 15.6. The largest absolute Gasteiger partial charge is 0.497 e. The molecule has 37 heavy (non-hydrogen) atoms. The topological polar surface area (TPSA) is 55.8 Å². The van der Waals surface area contributed by atoms with Crippen LogP contribution in [0.15, 0.2) is 18.2 Å². The van der Waals surface area contributed by atoms with Gasteiger partial charge in [0.1, 0.15) is 11.2 Å². The van der Waals surface area contributed by atoms with Crippen LogP contribution in [0.2, 0.25) is 0 Å². The van der Waals surface area contributed by atoms with E-state index in [4.69, 9.17) is 9.47 Å². The maximum atomic E-state index is 14.3. The summed E-state index contributed by atoms with van der Waals surface area (Å²) in [5.41, 5.74) is 1.44. The zero-order valence-electron chi connectivity index (χ0n) is 24.0. The van der Waals surface area contributed by atoms with Crippen LogP contribution < -0.4 is 4.74 Å². The number of ether oxygens (including phenoxy) is 2. The summed E-state index contributed by atoms with van der Waals surface area (Å²) < 4.78 is 11.5. The van der Waals surface area contributed by atoms with Gasteiger partial charge in [-0.25, -0.2) is 0 Å². The van der Waals surface area contributed by atoms with E-state index in [1.165, 1.54) is 11.1 Å². The number of rotatable bonds is 12. The van der Waals surface area contributed by atoms with Gasteiger partial charge in [0, 0.05) is 17.5 Å². The number of hydrogen-bond acceptors (Lipinski definition) is 6. The SMILES string of the molecule is CCCCC12CC3N(C)C(Cc4ccc(OC)cc41)C2(CCCC)CC3(C(=O)OCC)C(=O)C(C)SC. The average molecular weight is 530 g/mol. The predicted molar refractivity (Wildman–Crippen MR) is 151 cm³/mol. The molecule has 2 saturated heterocycles. The molecule has 6 atom stereocenters. The number of ketones is 1. The quantitative estimate of drug-likeness (QED) is 0.237. The average Bonchev–Trinajstić information content (AvgIpc) is 2.91. The summed E-state index contributed by atoms with van der Waals surface area (Å²) in [5, 5.41) is -0.251. The summed E-state index contributed by atoms with van der Waals surface area (Å²) in [4.78, 5) is 30.8. The van der Waals surface area contributed by atoms with E-state index in [1.807, 2.05) is 20.1 Å². The molecule has 6 heteroatoms. The van der Waals surface area contributed by atoms with Gasteiger partial charge in [0.15, 0.2) is 5.78 Å². The number of carbonyl (C=O) groups is 2. The normalized spacial score (nSPS) is 33.1. The number of nitrogens with zero attached hydrogens (tertiary/aromatic N) is 1. The molecular formula is C31H47NO4S. The molecule has 2 heterocycles. The van der Waals surface area contributed by atoms with Gasteiger partial charge in [0.25, 0.3) is 0 Å². The van der Waals surface area contributed by atoms with Gasteiger partial charge in [-0.2, -0.15) is 11.8 Å². The Bertz CT molecular complexity index is 1010. The highest BCUT2D eigenvalue weighted by atomic mass is 32.2. The minimum absolute atomic E-state index is 0.0603. The molecule has 0 aromatic heterocycles. The van der Waals surface area contributed by atoms with E-state index in [9.17, 15) is 9.59 Å². The van der Waals surface area contributed by atoms with E-state index in [0.29, 0.717) is 19.1 Å². The van der Waals surface area contributed by atoms with Crippen LogP contribution >= 0.6 is 11.8 Å². The highest BCUT2D eigenvalue weighted by Gasteiger charge is 2.76. The molecule has 2 aliphatic carbocycles. The van der Waals surface area contributed by atoms with Crippen LogP contribution in [-0.2, 0) is 26.2 Å². The number of esters is 1. The summed E-state index contributed by atoms with van der Waals surface area (Å²) in [6.45, 7) is 8.63. The molecule has 0 amide bonds. The van der Waals surface area contributed by atoms with Crippen molar-refractivity contribution in [2.45, 2.75) is 108 Å². The maximum Gasteiger partial charge on any atom is 0.321 e. The van der Waals surface area contributed by atoms with Gasteiger partial charge >= 0.3 is 5.97 Å². The number of piperidine rings is 2. The molecule has 5 rings (SSSR count). The molecule has 1 saturated carbocycles. The summed E-state index contributed by atoms with van der Waals surface area (Å²) in [7, 11) is 3.92. The van der Waals surface area contributed by atoms with Crippen molar-refractivity contribution >= 4 is 23.5 Å². The van der Waals surface area contributed by atoms with Crippen molar-refractivity contribution in [1.29, 1.82) is 0 Å². The second-order valence-electron chi connectivity index (χ2n) is 11.7. The van der Waals surface area contributed by atoms with Gasteiger partial charge in [-0.05, 0) is 87.9 Å². The number of thioether (sulfide) groups is 1. The van der Waals surface area contributed by atoms with Gasteiger partial charge in [-0.3, -0.25) is 14.5 Å². The van der Waals surface area contributed by atoms with Crippen molar-refractivity contribution in [3.8, 4) is 5.75 Å². The highest BCUT2D eigenvalue weighted by molar-refractivity contribution is 7.99. The van der Waals surface area contributed by atoms with Crippen LogP contribution in [-0.4, -0.2) is 61.0 Å². The third kappa shape index (κ3) is 4.07. The standard InChI is InChI=1S/C31H47NO4S/c1-8-11-15-29-19-26-31(28(34)36-10-3,27(33)21(4)37-7)20-30(29,16-12-9-2)25(32(26)5)17-22-13-14-23(35-6)18-24(22)29/h13-14,18,21,25-26H,8-12,15-17,19-20H2,1-7H3. The first kappa shape index (κ1) is 28.5. The Hall–Kier alpha value is -1.53. The zero-order chi connectivity index (χ0) is 27.0. The Balaban J connectivity index is 2.00. The molecule has 1 aromatic carbocycles. The fourth-order valence-electron chi connectivity index (χ4n) is 8.50. The van der Waals surface area contributed by atoms with Crippen molar-refractivity contribution in [1.82, 2.24) is 4.90 Å². The molecule has 4 bridgehead atoms. The number of methoxy groups -OCH3 is 1. The third-order valence-electron chi connectivity index (χ3n) is 10.3.